The van der Waals surface area contributed by atoms with E-state index in [4.69, 9.17) is 9.47 Å². The van der Waals surface area contributed by atoms with Gasteiger partial charge >= 0.3 is 6.18 Å². The van der Waals surface area contributed by atoms with Crippen molar-refractivity contribution in [2.45, 2.75) is 24.6 Å². The van der Waals surface area contributed by atoms with Crippen LogP contribution in [0.2, 0.25) is 0 Å². The number of piperidine rings is 1. The number of alkyl halides is 3. The number of carbonyl (C=O) groups excluding carboxylic acids is 1. The molecule has 24 heavy (non-hydrogen) atoms. The average Bonchev–Trinajstić information content (AvgIpc) is 2.58. The highest BCUT2D eigenvalue weighted by atomic mass is 19.4. The van der Waals surface area contributed by atoms with Crippen LogP contribution < -0.4 is 15.4 Å². The molecule has 0 spiro atoms. The first-order valence-electron chi connectivity index (χ1n) is 7.72. The van der Waals surface area contributed by atoms with Crippen LogP contribution in [0, 0.1) is 0 Å². The molecule has 0 saturated carbocycles. The molecular weight excluding hydrogens is 325 g/mol. The van der Waals surface area contributed by atoms with Crippen LogP contribution in [0.25, 0.3) is 0 Å². The minimum Gasteiger partial charge on any atom is -0.492 e. The standard InChI is InChI=1S/C16H21F3N2O3/c1-23-15(6-8-20-9-7-15)14(22)21-10-11-24-13-4-2-12(3-5-13)16(17,18)19/h2-5,20H,6-11H2,1H3,(H,21,22). The summed E-state index contributed by atoms with van der Waals surface area (Å²) in [7, 11) is 1.52. The fourth-order valence-corrected chi connectivity index (χ4v) is 2.59. The van der Waals surface area contributed by atoms with Crippen LogP contribution in [0.1, 0.15) is 18.4 Å². The molecule has 0 bridgehead atoms. The molecule has 0 aromatic heterocycles. The highest BCUT2D eigenvalue weighted by Gasteiger charge is 2.39. The third-order valence-electron chi connectivity index (χ3n) is 4.05. The summed E-state index contributed by atoms with van der Waals surface area (Å²) in [5, 5.41) is 5.92. The van der Waals surface area contributed by atoms with E-state index in [1.807, 2.05) is 0 Å². The van der Waals surface area contributed by atoms with E-state index in [2.05, 4.69) is 10.6 Å². The van der Waals surface area contributed by atoms with Crippen molar-refractivity contribution in [1.82, 2.24) is 10.6 Å². The number of rotatable bonds is 6. The lowest BCUT2D eigenvalue weighted by Gasteiger charge is -2.34. The summed E-state index contributed by atoms with van der Waals surface area (Å²) in [4.78, 5) is 12.3. The van der Waals surface area contributed by atoms with Crippen molar-refractivity contribution in [3.8, 4) is 5.75 Å². The van der Waals surface area contributed by atoms with Gasteiger partial charge in [0.2, 0.25) is 0 Å². The van der Waals surface area contributed by atoms with E-state index in [0.717, 1.165) is 12.1 Å². The summed E-state index contributed by atoms with van der Waals surface area (Å²) in [5.74, 6) is 0.128. The van der Waals surface area contributed by atoms with Gasteiger partial charge < -0.3 is 20.1 Å². The maximum Gasteiger partial charge on any atom is 0.416 e. The maximum absolute atomic E-state index is 12.5. The topological polar surface area (TPSA) is 59.6 Å². The van der Waals surface area contributed by atoms with E-state index in [1.54, 1.807) is 0 Å². The van der Waals surface area contributed by atoms with Crippen LogP contribution in [-0.4, -0.2) is 44.9 Å². The number of nitrogens with one attached hydrogen (secondary N) is 2. The summed E-state index contributed by atoms with van der Waals surface area (Å²) in [6, 6.07) is 4.44. The normalized spacial score (nSPS) is 17.3. The number of carbonyl (C=O) groups is 1. The molecule has 1 heterocycles. The summed E-state index contributed by atoms with van der Waals surface area (Å²) in [6.07, 6.45) is -3.18. The van der Waals surface area contributed by atoms with E-state index >= 15 is 0 Å². The Morgan fingerprint density at radius 1 is 1.25 bits per heavy atom. The Labute approximate surface area is 138 Å². The average molecular weight is 346 g/mol. The quantitative estimate of drug-likeness (QED) is 0.774. The Bertz CT molecular complexity index is 540. The SMILES string of the molecule is COC1(C(=O)NCCOc2ccc(C(F)(F)F)cc2)CCNCC1. The molecule has 0 radical (unpaired) electrons. The van der Waals surface area contributed by atoms with Crippen LogP contribution in [0.15, 0.2) is 24.3 Å². The van der Waals surface area contributed by atoms with E-state index in [9.17, 15) is 18.0 Å². The Morgan fingerprint density at radius 2 is 1.88 bits per heavy atom. The Hall–Kier alpha value is -1.80. The number of hydrogen-bond donors (Lipinski definition) is 2. The molecule has 5 nitrogen and oxygen atoms in total. The second-order valence-corrected chi connectivity index (χ2v) is 5.57. The van der Waals surface area contributed by atoms with Crippen LogP contribution in [-0.2, 0) is 15.7 Å². The molecule has 0 aliphatic carbocycles. The van der Waals surface area contributed by atoms with Crippen molar-refractivity contribution in [2.24, 2.45) is 0 Å². The van der Waals surface area contributed by atoms with Gasteiger partial charge in [-0.05, 0) is 50.2 Å². The molecule has 134 valence electrons. The first-order valence-corrected chi connectivity index (χ1v) is 7.72. The molecule has 0 unspecified atom stereocenters. The number of hydrogen-bond acceptors (Lipinski definition) is 4. The van der Waals surface area contributed by atoms with Crippen molar-refractivity contribution in [3.05, 3.63) is 29.8 Å². The van der Waals surface area contributed by atoms with Crippen molar-refractivity contribution < 1.29 is 27.4 Å². The lowest BCUT2D eigenvalue weighted by Crippen LogP contribution is -2.54. The predicted molar refractivity (Wildman–Crippen MR) is 81.8 cm³/mol. The molecule has 8 heteroatoms. The molecule has 1 aromatic rings. The minimum atomic E-state index is -4.37. The second kappa shape index (κ2) is 7.85. The number of methoxy groups -OCH3 is 1. The van der Waals surface area contributed by atoms with Crippen molar-refractivity contribution in [1.29, 1.82) is 0 Å². The summed E-state index contributed by atoms with van der Waals surface area (Å²) in [6.45, 7) is 1.83. The monoisotopic (exact) mass is 346 g/mol. The first-order chi connectivity index (χ1) is 11.4. The predicted octanol–water partition coefficient (Wildman–Crippen LogP) is 1.97. The van der Waals surface area contributed by atoms with Crippen molar-refractivity contribution in [3.63, 3.8) is 0 Å². The fraction of sp³-hybridized carbons (Fsp3) is 0.562. The molecule has 2 N–H and O–H groups in total. The summed E-state index contributed by atoms with van der Waals surface area (Å²) >= 11 is 0. The van der Waals surface area contributed by atoms with E-state index in [1.165, 1.54) is 19.2 Å². The molecule has 1 saturated heterocycles. The van der Waals surface area contributed by atoms with Crippen molar-refractivity contribution >= 4 is 5.91 Å². The van der Waals surface area contributed by atoms with E-state index in [0.29, 0.717) is 31.7 Å². The third kappa shape index (κ3) is 4.61. The largest absolute Gasteiger partial charge is 0.492 e. The zero-order chi connectivity index (χ0) is 17.6. The van der Waals surface area contributed by atoms with Gasteiger partial charge in [-0.3, -0.25) is 4.79 Å². The summed E-state index contributed by atoms with van der Waals surface area (Å²) < 4.78 is 48.1. The van der Waals surface area contributed by atoms with Crippen molar-refractivity contribution in [2.75, 3.05) is 33.4 Å². The number of halogens is 3. The number of benzene rings is 1. The lowest BCUT2D eigenvalue weighted by atomic mass is 9.91. The zero-order valence-corrected chi connectivity index (χ0v) is 13.4. The Morgan fingerprint density at radius 3 is 2.42 bits per heavy atom. The van der Waals surface area contributed by atoms with Gasteiger partial charge in [0.1, 0.15) is 18.0 Å². The van der Waals surface area contributed by atoms with Gasteiger partial charge in [-0.2, -0.15) is 13.2 Å². The third-order valence-corrected chi connectivity index (χ3v) is 4.05. The minimum absolute atomic E-state index is 0.162. The number of amides is 1. The van der Waals surface area contributed by atoms with Gasteiger partial charge in [-0.15, -0.1) is 0 Å². The highest BCUT2D eigenvalue weighted by molar-refractivity contribution is 5.85. The fourth-order valence-electron chi connectivity index (χ4n) is 2.59. The van der Waals surface area contributed by atoms with Crippen LogP contribution in [0.3, 0.4) is 0 Å². The van der Waals surface area contributed by atoms with Gasteiger partial charge in [0.05, 0.1) is 12.1 Å². The molecule has 0 atom stereocenters. The second-order valence-electron chi connectivity index (χ2n) is 5.57. The van der Waals surface area contributed by atoms with E-state index in [-0.39, 0.29) is 19.1 Å². The molecule has 2 rings (SSSR count). The van der Waals surface area contributed by atoms with E-state index < -0.39 is 17.3 Å². The maximum atomic E-state index is 12.5. The molecule has 1 aliphatic rings. The summed E-state index contributed by atoms with van der Waals surface area (Å²) in [5.41, 5.74) is -1.55. The highest BCUT2D eigenvalue weighted by Crippen LogP contribution is 2.30. The van der Waals surface area contributed by atoms with Gasteiger partial charge in [-0.1, -0.05) is 0 Å². The molecule has 1 fully saturated rings. The lowest BCUT2D eigenvalue weighted by molar-refractivity contribution is -0.146. The van der Waals surface area contributed by atoms with Gasteiger partial charge in [-0.25, -0.2) is 0 Å². The zero-order valence-electron chi connectivity index (χ0n) is 13.4. The Kier molecular flexibility index (Phi) is 6.06. The molecular formula is C16H21F3N2O3. The van der Waals surface area contributed by atoms with Crippen LogP contribution in [0.4, 0.5) is 13.2 Å². The van der Waals surface area contributed by atoms with Gasteiger partial charge in [0.25, 0.3) is 5.91 Å². The first kappa shape index (κ1) is 18.5. The molecule has 1 aliphatic heterocycles. The van der Waals surface area contributed by atoms with Gasteiger partial charge in [0.15, 0.2) is 0 Å². The molecule has 1 amide bonds. The number of ether oxygens (including phenoxy) is 2. The molecule has 1 aromatic carbocycles. The van der Waals surface area contributed by atoms with Gasteiger partial charge in [0, 0.05) is 7.11 Å². The Balaban J connectivity index is 1.77. The van der Waals surface area contributed by atoms with Crippen LogP contribution >= 0.6 is 0 Å². The smallest absolute Gasteiger partial charge is 0.416 e. The van der Waals surface area contributed by atoms with Crippen LogP contribution in [0.5, 0.6) is 5.75 Å².